The minimum atomic E-state index is 0.0633. The third kappa shape index (κ3) is 2.12. The van der Waals surface area contributed by atoms with Crippen molar-refractivity contribution in [1.82, 2.24) is 10.2 Å². The lowest BCUT2D eigenvalue weighted by Crippen LogP contribution is -2.54. The van der Waals surface area contributed by atoms with Crippen LogP contribution in [0.15, 0.2) is 0 Å². The summed E-state index contributed by atoms with van der Waals surface area (Å²) in [6, 6.07) is 0.720. The van der Waals surface area contributed by atoms with Crippen LogP contribution in [0, 0.1) is 0 Å². The first-order chi connectivity index (χ1) is 7.88. The molecule has 0 bridgehead atoms. The molecule has 3 aliphatic rings. The summed E-state index contributed by atoms with van der Waals surface area (Å²) in [6.45, 7) is 7.28. The third-order valence-electron chi connectivity index (χ3n) is 4.20. The molecule has 92 valence electrons. The molecule has 16 heavy (non-hydrogen) atoms. The highest BCUT2D eigenvalue weighted by Crippen LogP contribution is 2.34. The normalized spacial score (nSPS) is 41.6. The van der Waals surface area contributed by atoms with Crippen LogP contribution in [0.3, 0.4) is 0 Å². The van der Waals surface area contributed by atoms with Crippen LogP contribution in [-0.4, -0.2) is 62.5 Å². The highest BCUT2D eigenvalue weighted by Gasteiger charge is 2.42. The monoisotopic (exact) mass is 226 g/mol. The van der Waals surface area contributed by atoms with Crippen LogP contribution in [0.2, 0.25) is 0 Å². The molecule has 3 rings (SSSR count). The number of hydrogen-bond acceptors (Lipinski definition) is 4. The van der Waals surface area contributed by atoms with Gasteiger partial charge in [0, 0.05) is 51.9 Å². The first-order valence-corrected chi connectivity index (χ1v) is 6.55. The van der Waals surface area contributed by atoms with Crippen molar-refractivity contribution >= 4 is 0 Å². The molecule has 3 saturated heterocycles. The van der Waals surface area contributed by atoms with Crippen LogP contribution in [0.1, 0.15) is 19.3 Å². The van der Waals surface area contributed by atoms with Crippen molar-refractivity contribution in [3.05, 3.63) is 0 Å². The fraction of sp³-hybridized carbons (Fsp3) is 1.00. The van der Waals surface area contributed by atoms with Gasteiger partial charge >= 0.3 is 0 Å². The average molecular weight is 226 g/mol. The largest absolute Gasteiger partial charge is 0.378 e. The van der Waals surface area contributed by atoms with E-state index >= 15 is 0 Å². The van der Waals surface area contributed by atoms with E-state index in [4.69, 9.17) is 9.47 Å². The molecule has 0 aromatic rings. The Balaban J connectivity index is 1.62. The SMILES string of the molecule is C1CN(C2CCOC3(CCOC3)C2)CCN1. The first-order valence-electron chi connectivity index (χ1n) is 6.55. The van der Waals surface area contributed by atoms with Gasteiger partial charge in [0.1, 0.15) is 0 Å². The minimum Gasteiger partial charge on any atom is -0.378 e. The van der Waals surface area contributed by atoms with E-state index in [0.29, 0.717) is 0 Å². The summed E-state index contributed by atoms with van der Waals surface area (Å²) in [5.41, 5.74) is 0.0633. The van der Waals surface area contributed by atoms with Gasteiger partial charge in [0.05, 0.1) is 12.2 Å². The fourth-order valence-electron chi connectivity index (χ4n) is 3.22. The van der Waals surface area contributed by atoms with Crippen molar-refractivity contribution in [2.45, 2.75) is 30.9 Å². The summed E-state index contributed by atoms with van der Waals surface area (Å²) in [4.78, 5) is 2.64. The van der Waals surface area contributed by atoms with Crippen molar-refractivity contribution in [1.29, 1.82) is 0 Å². The van der Waals surface area contributed by atoms with E-state index in [2.05, 4.69) is 10.2 Å². The van der Waals surface area contributed by atoms with Crippen LogP contribution in [0.4, 0.5) is 0 Å². The van der Waals surface area contributed by atoms with E-state index in [1.54, 1.807) is 0 Å². The molecule has 4 nitrogen and oxygen atoms in total. The van der Waals surface area contributed by atoms with E-state index in [1.807, 2.05) is 0 Å². The molecule has 0 aromatic carbocycles. The molecular weight excluding hydrogens is 204 g/mol. The Labute approximate surface area is 97.3 Å². The van der Waals surface area contributed by atoms with E-state index in [1.165, 1.54) is 25.9 Å². The van der Waals surface area contributed by atoms with Gasteiger partial charge in [0.15, 0.2) is 0 Å². The number of ether oxygens (including phenoxy) is 2. The Kier molecular flexibility index (Phi) is 3.16. The fourth-order valence-corrected chi connectivity index (χ4v) is 3.22. The standard InChI is InChI=1S/C12H22N2O2/c1-7-16-12(2-8-15-10-12)9-11(1)14-5-3-13-4-6-14/h11,13H,1-10H2. The summed E-state index contributed by atoms with van der Waals surface area (Å²) < 4.78 is 11.5. The molecule has 3 fully saturated rings. The molecule has 0 amide bonds. The van der Waals surface area contributed by atoms with Crippen molar-refractivity contribution in [3.8, 4) is 0 Å². The van der Waals surface area contributed by atoms with Crippen molar-refractivity contribution in [2.24, 2.45) is 0 Å². The van der Waals surface area contributed by atoms with Gasteiger partial charge in [-0.15, -0.1) is 0 Å². The van der Waals surface area contributed by atoms with Gasteiger partial charge < -0.3 is 14.8 Å². The molecule has 0 aromatic heterocycles. The smallest absolute Gasteiger partial charge is 0.0951 e. The average Bonchev–Trinajstić information content (AvgIpc) is 2.78. The molecule has 3 heterocycles. The summed E-state index contributed by atoms with van der Waals surface area (Å²) >= 11 is 0. The van der Waals surface area contributed by atoms with Crippen LogP contribution in [-0.2, 0) is 9.47 Å². The molecule has 0 aliphatic carbocycles. The topological polar surface area (TPSA) is 33.7 Å². The maximum absolute atomic E-state index is 5.98. The zero-order valence-corrected chi connectivity index (χ0v) is 9.91. The molecule has 1 N–H and O–H groups in total. The van der Waals surface area contributed by atoms with Crippen LogP contribution >= 0.6 is 0 Å². The number of rotatable bonds is 1. The van der Waals surface area contributed by atoms with Gasteiger partial charge in [0.25, 0.3) is 0 Å². The summed E-state index contributed by atoms with van der Waals surface area (Å²) in [5.74, 6) is 0. The van der Waals surface area contributed by atoms with E-state index in [-0.39, 0.29) is 5.60 Å². The molecule has 0 radical (unpaired) electrons. The maximum atomic E-state index is 5.98. The lowest BCUT2D eigenvalue weighted by atomic mass is 9.88. The zero-order valence-electron chi connectivity index (χ0n) is 9.91. The summed E-state index contributed by atoms with van der Waals surface area (Å²) in [6.07, 6.45) is 3.46. The highest BCUT2D eigenvalue weighted by atomic mass is 16.6. The van der Waals surface area contributed by atoms with E-state index in [9.17, 15) is 0 Å². The molecule has 4 heteroatoms. The second-order valence-corrected chi connectivity index (χ2v) is 5.27. The second kappa shape index (κ2) is 4.61. The highest BCUT2D eigenvalue weighted by molar-refractivity contribution is 4.94. The number of nitrogens with zero attached hydrogens (tertiary/aromatic N) is 1. The van der Waals surface area contributed by atoms with Gasteiger partial charge in [-0.3, -0.25) is 4.90 Å². The van der Waals surface area contributed by atoms with Crippen molar-refractivity contribution < 1.29 is 9.47 Å². The van der Waals surface area contributed by atoms with Crippen LogP contribution in [0.5, 0.6) is 0 Å². The van der Waals surface area contributed by atoms with Gasteiger partial charge in [0.2, 0.25) is 0 Å². The molecule has 3 aliphatic heterocycles. The van der Waals surface area contributed by atoms with Crippen LogP contribution in [0.25, 0.3) is 0 Å². The van der Waals surface area contributed by atoms with Crippen molar-refractivity contribution in [3.63, 3.8) is 0 Å². The molecule has 2 atom stereocenters. The van der Waals surface area contributed by atoms with Crippen LogP contribution < -0.4 is 5.32 Å². The predicted molar refractivity (Wildman–Crippen MR) is 61.6 cm³/mol. The summed E-state index contributed by atoms with van der Waals surface area (Å²) in [7, 11) is 0. The maximum Gasteiger partial charge on any atom is 0.0951 e. The third-order valence-corrected chi connectivity index (χ3v) is 4.20. The molecule has 2 unspecified atom stereocenters. The molecular formula is C12H22N2O2. The number of nitrogens with one attached hydrogen (secondary N) is 1. The minimum absolute atomic E-state index is 0.0633. The van der Waals surface area contributed by atoms with E-state index < -0.39 is 0 Å². The quantitative estimate of drug-likeness (QED) is 0.694. The Morgan fingerprint density at radius 2 is 2.06 bits per heavy atom. The number of piperazine rings is 1. The number of hydrogen-bond donors (Lipinski definition) is 1. The Morgan fingerprint density at radius 3 is 2.81 bits per heavy atom. The first kappa shape index (κ1) is 11.0. The van der Waals surface area contributed by atoms with Crippen molar-refractivity contribution in [2.75, 3.05) is 46.0 Å². The van der Waals surface area contributed by atoms with Gasteiger partial charge in [-0.1, -0.05) is 0 Å². The Morgan fingerprint density at radius 1 is 1.19 bits per heavy atom. The Bertz CT molecular complexity index is 235. The predicted octanol–water partition coefficient (Wildman–Crippen LogP) is 0.230. The van der Waals surface area contributed by atoms with E-state index in [0.717, 1.165) is 45.4 Å². The lowest BCUT2D eigenvalue weighted by Gasteiger charge is -2.43. The lowest BCUT2D eigenvalue weighted by molar-refractivity contribution is -0.107. The van der Waals surface area contributed by atoms with Gasteiger partial charge in [-0.25, -0.2) is 0 Å². The summed E-state index contributed by atoms with van der Waals surface area (Å²) in [5, 5.41) is 3.42. The zero-order chi connectivity index (χ0) is 10.8. The Hall–Kier alpha value is -0.160. The second-order valence-electron chi connectivity index (χ2n) is 5.27. The molecule has 1 spiro atoms. The van der Waals surface area contributed by atoms with Gasteiger partial charge in [-0.05, 0) is 12.8 Å². The molecule has 0 saturated carbocycles. The van der Waals surface area contributed by atoms with Gasteiger partial charge in [-0.2, -0.15) is 0 Å².